The van der Waals surface area contributed by atoms with Crippen LogP contribution in [0.5, 0.6) is 0 Å². The maximum absolute atomic E-state index is 13.0. The first-order chi connectivity index (χ1) is 6.74. The van der Waals surface area contributed by atoms with Crippen LogP contribution in [0.15, 0.2) is 18.2 Å². The topological polar surface area (TPSA) is 32.3 Å². The first kappa shape index (κ1) is 11.1. The number of rotatable bonds is 5. The summed E-state index contributed by atoms with van der Waals surface area (Å²) in [5.74, 6) is -0.819. The molecule has 0 aliphatic carbocycles. The molecule has 0 bridgehead atoms. The average Bonchev–Trinajstić information content (AvgIpc) is 2.18. The van der Waals surface area contributed by atoms with Crippen LogP contribution in [0.25, 0.3) is 0 Å². The minimum atomic E-state index is -0.427. The Morgan fingerprint density at radius 2 is 2.00 bits per heavy atom. The number of nitrogens with one attached hydrogen (secondary N) is 1. The van der Waals surface area contributed by atoms with Gasteiger partial charge in [0.05, 0.1) is 6.61 Å². The normalized spacial score (nSPS) is 10.5. The van der Waals surface area contributed by atoms with Crippen molar-refractivity contribution in [3.63, 3.8) is 0 Å². The second-order valence-corrected chi connectivity index (χ2v) is 2.96. The van der Waals surface area contributed by atoms with Crippen molar-refractivity contribution < 1.29 is 13.9 Å². The second kappa shape index (κ2) is 5.67. The van der Waals surface area contributed by atoms with Crippen molar-refractivity contribution in [2.75, 3.05) is 19.7 Å². The lowest BCUT2D eigenvalue weighted by Crippen LogP contribution is -2.21. The molecule has 14 heavy (non-hydrogen) atoms. The highest BCUT2D eigenvalue weighted by atomic mass is 19.1. The fourth-order valence-corrected chi connectivity index (χ4v) is 1.16. The first-order valence-corrected chi connectivity index (χ1v) is 4.49. The minimum Gasteiger partial charge on any atom is -0.395 e. The van der Waals surface area contributed by atoms with Gasteiger partial charge < -0.3 is 10.4 Å². The average molecular weight is 201 g/mol. The summed E-state index contributed by atoms with van der Waals surface area (Å²) in [6.07, 6.45) is 0.420. The van der Waals surface area contributed by atoms with E-state index in [1.165, 1.54) is 6.07 Å². The van der Waals surface area contributed by atoms with E-state index in [0.29, 0.717) is 25.1 Å². The van der Waals surface area contributed by atoms with E-state index in [9.17, 15) is 8.78 Å². The van der Waals surface area contributed by atoms with Crippen molar-refractivity contribution in [3.8, 4) is 0 Å². The van der Waals surface area contributed by atoms with E-state index in [4.69, 9.17) is 5.11 Å². The number of benzene rings is 1. The summed E-state index contributed by atoms with van der Waals surface area (Å²) >= 11 is 0. The third-order valence-corrected chi connectivity index (χ3v) is 1.87. The molecular weight excluding hydrogens is 188 g/mol. The molecule has 0 heterocycles. The van der Waals surface area contributed by atoms with Crippen LogP contribution in [-0.4, -0.2) is 24.8 Å². The minimum absolute atomic E-state index is 0.0473. The number of aliphatic hydroxyl groups excluding tert-OH is 1. The van der Waals surface area contributed by atoms with Gasteiger partial charge in [0.2, 0.25) is 0 Å². The molecule has 0 atom stereocenters. The van der Waals surface area contributed by atoms with Gasteiger partial charge in [0, 0.05) is 6.54 Å². The Morgan fingerprint density at radius 1 is 1.21 bits per heavy atom. The van der Waals surface area contributed by atoms with Gasteiger partial charge in [-0.3, -0.25) is 0 Å². The molecule has 0 aliphatic rings. The fourth-order valence-electron chi connectivity index (χ4n) is 1.16. The lowest BCUT2D eigenvalue weighted by atomic mass is 10.1. The highest BCUT2D eigenvalue weighted by molar-refractivity contribution is 5.18. The lowest BCUT2D eigenvalue weighted by molar-refractivity contribution is 0.292. The third kappa shape index (κ3) is 3.40. The van der Waals surface area contributed by atoms with E-state index >= 15 is 0 Å². The highest BCUT2D eigenvalue weighted by Gasteiger charge is 2.02. The zero-order valence-corrected chi connectivity index (χ0v) is 7.76. The summed E-state index contributed by atoms with van der Waals surface area (Å²) in [6.45, 7) is 1.05. The third-order valence-electron chi connectivity index (χ3n) is 1.87. The standard InChI is InChI=1S/C10H13F2NO/c11-9-1-2-10(12)8(7-9)3-4-13-5-6-14/h1-2,7,13-14H,3-6H2. The van der Waals surface area contributed by atoms with Gasteiger partial charge in [0.15, 0.2) is 0 Å². The lowest BCUT2D eigenvalue weighted by Gasteiger charge is -2.04. The van der Waals surface area contributed by atoms with Gasteiger partial charge in [-0.05, 0) is 36.7 Å². The zero-order chi connectivity index (χ0) is 10.4. The zero-order valence-electron chi connectivity index (χ0n) is 7.76. The summed E-state index contributed by atoms with van der Waals surface area (Å²) in [6, 6.07) is 3.41. The first-order valence-electron chi connectivity index (χ1n) is 4.49. The van der Waals surface area contributed by atoms with Gasteiger partial charge in [0.1, 0.15) is 11.6 Å². The van der Waals surface area contributed by atoms with Crippen molar-refractivity contribution in [2.24, 2.45) is 0 Å². The molecule has 1 rings (SSSR count). The van der Waals surface area contributed by atoms with Crippen LogP contribution in [0.3, 0.4) is 0 Å². The maximum Gasteiger partial charge on any atom is 0.126 e. The molecule has 0 aromatic heterocycles. The van der Waals surface area contributed by atoms with E-state index in [0.717, 1.165) is 12.1 Å². The summed E-state index contributed by atoms with van der Waals surface area (Å²) in [5, 5.41) is 11.4. The Kier molecular flexibility index (Phi) is 4.49. The molecule has 0 aliphatic heterocycles. The Hall–Kier alpha value is -1.00. The number of hydrogen-bond donors (Lipinski definition) is 2. The smallest absolute Gasteiger partial charge is 0.126 e. The molecule has 2 N–H and O–H groups in total. The number of halogens is 2. The van der Waals surface area contributed by atoms with Gasteiger partial charge in [-0.15, -0.1) is 0 Å². The van der Waals surface area contributed by atoms with Gasteiger partial charge in [-0.25, -0.2) is 8.78 Å². The Bertz CT molecular complexity index is 291. The van der Waals surface area contributed by atoms with Gasteiger partial charge in [0.25, 0.3) is 0 Å². The van der Waals surface area contributed by atoms with Crippen LogP contribution >= 0.6 is 0 Å². The van der Waals surface area contributed by atoms with Crippen molar-refractivity contribution in [1.82, 2.24) is 5.32 Å². The largest absolute Gasteiger partial charge is 0.395 e. The Labute approximate surface area is 81.6 Å². The second-order valence-electron chi connectivity index (χ2n) is 2.96. The van der Waals surface area contributed by atoms with Gasteiger partial charge in [-0.2, -0.15) is 0 Å². The summed E-state index contributed by atoms with van der Waals surface area (Å²) in [4.78, 5) is 0. The molecule has 1 aromatic carbocycles. The monoisotopic (exact) mass is 201 g/mol. The summed E-state index contributed by atoms with van der Waals surface area (Å²) in [7, 11) is 0. The van der Waals surface area contributed by atoms with Crippen LogP contribution in [0.1, 0.15) is 5.56 Å². The van der Waals surface area contributed by atoms with Gasteiger partial charge in [-0.1, -0.05) is 0 Å². The maximum atomic E-state index is 13.0. The SMILES string of the molecule is OCCNCCc1cc(F)ccc1F. The Balaban J connectivity index is 2.45. The molecule has 4 heteroatoms. The van der Waals surface area contributed by atoms with E-state index in [1.54, 1.807) is 0 Å². The predicted molar refractivity (Wildman–Crippen MR) is 50.0 cm³/mol. The molecule has 0 saturated heterocycles. The van der Waals surface area contributed by atoms with E-state index < -0.39 is 11.6 Å². The summed E-state index contributed by atoms with van der Waals surface area (Å²) in [5.41, 5.74) is 0.357. The summed E-state index contributed by atoms with van der Waals surface area (Å²) < 4.78 is 25.7. The molecule has 0 amide bonds. The number of hydrogen-bond acceptors (Lipinski definition) is 2. The van der Waals surface area contributed by atoms with E-state index in [1.807, 2.05) is 0 Å². The van der Waals surface area contributed by atoms with Crippen molar-refractivity contribution in [1.29, 1.82) is 0 Å². The van der Waals surface area contributed by atoms with Crippen molar-refractivity contribution in [2.45, 2.75) is 6.42 Å². The predicted octanol–water partition coefficient (Wildman–Crippen LogP) is 1.09. The van der Waals surface area contributed by atoms with Gasteiger partial charge >= 0.3 is 0 Å². The molecule has 0 unspecified atom stereocenters. The highest BCUT2D eigenvalue weighted by Crippen LogP contribution is 2.09. The van der Waals surface area contributed by atoms with Crippen LogP contribution in [0.2, 0.25) is 0 Å². The molecule has 1 aromatic rings. The molecule has 0 radical (unpaired) electrons. The van der Waals surface area contributed by atoms with E-state index in [-0.39, 0.29) is 6.61 Å². The number of aliphatic hydroxyl groups is 1. The van der Waals surface area contributed by atoms with Crippen molar-refractivity contribution in [3.05, 3.63) is 35.4 Å². The van der Waals surface area contributed by atoms with Crippen LogP contribution in [-0.2, 0) is 6.42 Å². The molecule has 0 spiro atoms. The van der Waals surface area contributed by atoms with Crippen molar-refractivity contribution >= 4 is 0 Å². The fraction of sp³-hybridized carbons (Fsp3) is 0.400. The Morgan fingerprint density at radius 3 is 2.71 bits per heavy atom. The quantitative estimate of drug-likeness (QED) is 0.699. The van der Waals surface area contributed by atoms with Crippen LogP contribution in [0.4, 0.5) is 8.78 Å². The molecule has 78 valence electrons. The molecular formula is C10H13F2NO. The molecule has 0 saturated carbocycles. The van der Waals surface area contributed by atoms with Crippen LogP contribution in [0, 0.1) is 11.6 Å². The van der Waals surface area contributed by atoms with E-state index in [2.05, 4.69) is 5.32 Å². The molecule has 2 nitrogen and oxygen atoms in total. The molecule has 0 fully saturated rings. The van der Waals surface area contributed by atoms with Crippen LogP contribution < -0.4 is 5.32 Å².